The van der Waals surface area contributed by atoms with Crippen LogP contribution < -0.4 is 10.6 Å². The third kappa shape index (κ3) is 5.09. The fraction of sp³-hybridized carbons (Fsp3) is 0.300. The summed E-state index contributed by atoms with van der Waals surface area (Å²) in [4.78, 5) is 0. The molecule has 0 bridgehead atoms. The topological polar surface area (TPSA) is 24.1 Å². The first-order chi connectivity index (χ1) is 6.18. The molecule has 0 aliphatic heterocycles. The quantitative estimate of drug-likeness (QED) is 0.761. The fourth-order valence-electron chi connectivity index (χ4n) is 0.951. The van der Waals surface area contributed by atoms with Crippen LogP contribution in [0, 0.1) is 0 Å². The normalized spacial score (nSPS) is 9.07. The maximum atomic E-state index is 5.09. The van der Waals surface area contributed by atoms with Crippen LogP contribution in [0.3, 0.4) is 0 Å². The van der Waals surface area contributed by atoms with E-state index in [0.717, 1.165) is 5.69 Å². The van der Waals surface area contributed by atoms with Crippen LogP contribution in [0.15, 0.2) is 30.3 Å². The van der Waals surface area contributed by atoms with Crippen LogP contribution in [0.2, 0.25) is 0 Å². The van der Waals surface area contributed by atoms with Crippen molar-refractivity contribution in [2.75, 3.05) is 5.32 Å². The van der Waals surface area contributed by atoms with Gasteiger partial charge in [0.05, 0.1) is 0 Å². The van der Waals surface area contributed by atoms with Gasteiger partial charge in [0.1, 0.15) is 0 Å². The molecule has 14 heavy (non-hydrogen) atoms. The second kappa shape index (κ2) is 6.68. The zero-order chi connectivity index (χ0) is 9.68. The van der Waals surface area contributed by atoms with Crippen LogP contribution in [0.1, 0.15) is 13.8 Å². The summed E-state index contributed by atoms with van der Waals surface area (Å²) in [6.45, 7) is 4.11. The van der Waals surface area contributed by atoms with Gasteiger partial charge in [-0.3, -0.25) is 0 Å². The lowest BCUT2D eigenvalue weighted by molar-refractivity contribution is 0.739. The van der Waals surface area contributed by atoms with Crippen molar-refractivity contribution in [1.29, 1.82) is 0 Å². The Morgan fingerprint density at radius 2 is 1.79 bits per heavy atom. The molecule has 0 aromatic heterocycles. The molecule has 0 unspecified atom stereocenters. The van der Waals surface area contributed by atoms with Crippen LogP contribution in [0.4, 0.5) is 5.69 Å². The van der Waals surface area contributed by atoms with E-state index in [-0.39, 0.29) is 13.5 Å². The lowest BCUT2D eigenvalue weighted by Crippen LogP contribution is -2.33. The van der Waals surface area contributed by atoms with Gasteiger partial charge in [-0.25, -0.2) is 0 Å². The molecule has 78 valence electrons. The number of nitrogens with one attached hydrogen (secondary N) is 2. The molecule has 0 amide bonds. The molecule has 0 aliphatic carbocycles. The minimum Gasteiger partial charge on any atom is -0.360 e. The molecule has 0 saturated heterocycles. The maximum absolute atomic E-state index is 5.09. The van der Waals surface area contributed by atoms with E-state index in [4.69, 9.17) is 12.2 Å². The molecular formula is C10H16N2S2. The molecule has 1 aromatic carbocycles. The summed E-state index contributed by atoms with van der Waals surface area (Å²) >= 11 is 5.09. The molecule has 2 N–H and O–H groups in total. The Morgan fingerprint density at radius 3 is 2.29 bits per heavy atom. The summed E-state index contributed by atoms with van der Waals surface area (Å²) in [5.41, 5.74) is 1.01. The Morgan fingerprint density at radius 1 is 1.21 bits per heavy atom. The van der Waals surface area contributed by atoms with Gasteiger partial charge >= 0.3 is 0 Å². The number of para-hydroxylation sites is 1. The molecule has 0 heterocycles. The van der Waals surface area contributed by atoms with Gasteiger partial charge in [0.25, 0.3) is 0 Å². The molecular weight excluding hydrogens is 212 g/mol. The molecule has 0 saturated carbocycles. The summed E-state index contributed by atoms with van der Waals surface area (Å²) in [7, 11) is 0. The highest BCUT2D eigenvalue weighted by Gasteiger charge is 1.97. The third-order valence-electron chi connectivity index (χ3n) is 1.45. The minimum atomic E-state index is 0. The van der Waals surface area contributed by atoms with Crippen molar-refractivity contribution in [3.05, 3.63) is 30.3 Å². The highest BCUT2D eigenvalue weighted by Crippen LogP contribution is 2.04. The van der Waals surface area contributed by atoms with Gasteiger partial charge in [-0.15, -0.1) is 0 Å². The van der Waals surface area contributed by atoms with Gasteiger partial charge in [0.15, 0.2) is 5.11 Å². The van der Waals surface area contributed by atoms with E-state index in [1.165, 1.54) is 0 Å². The SMILES string of the molecule is CC(C)NC(=S)Nc1ccccc1.S. The first-order valence-electron chi connectivity index (χ1n) is 4.31. The summed E-state index contributed by atoms with van der Waals surface area (Å²) in [6, 6.07) is 10.2. The minimum absolute atomic E-state index is 0. The van der Waals surface area contributed by atoms with Gasteiger partial charge in [0, 0.05) is 11.7 Å². The highest BCUT2D eigenvalue weighted by atomic mass is 32.1. The molecule has 0 aliphatic rings. The van der Waals surface area contributed by atoms with Crippen molar-refractivity contribution in [3.63, 3.8) is 0 Å². The van der Waals surface area contributed by atoms with Gasteiger partial charge in [-0.05, 0) is 38.2 Å². The molecule has 2 nitrogen and oxygen atoms in total. The van der Waals surface area contributed by atoms with Crippen molar-refractivity contribution >= 4 is 36.5 Å². The molecule has 0 fully saturated rings. The Bertz CT molecular complexity index is 273. The lowest BCUT2D eigenvalue weighted by Gasteiger charge is -2.12. The average molecular weight is 228 g/mol. The van der Waals surface area contributed by atoms with Crippen molar-refractivity contribution in [1.82, 2.24) is 5.32 Å². The van der Waals surface area contributed by atoms with Crippen LogP contribution >= 0.6 is 25.7 Å². The Balaban J connectivity index is 0.00000169. The molecule has 4 heteroatoms. The Labute approximate surface area is 97.5 Å². The largest absolute Gasteiger partial charge is 0.360 e. The van der Waals surface area contributed by atoms with Gasteiger partial charge < -0.3 is 10.6 Å². The predicted octanol–water partition coefficient (Wildman–Crippen LogP) is 2.49. The Kier molecular flexibility index (Phi) is 6.32. The number of rotatable bonds is 2. The first-order valence-corrected chi connectivity index (χ1v) is 4.72. The zero-order valence-corrected chi connectivity index (χ0v) is 10.2. The van der Waals surface area contributed by atoms with E-state index < -0.39 is 0 Å². The fourth-order valence-corrected chi connectivity index (χ4v) is 1.30. The van der Waals surface area contributed by atoms with E-state index in [1.54, 1.807) is 0 Å². The lowest BCUT2D eigenvalue weighted by atomic mass is 10.3. The number of thiocarbonyl (C=S) groups is 1. The van der Waals surface area contributed by atoms with Crippen LogP contribution in [0.5, 0.6) is 0 Å². The number of hydrogen-bond donors (Lipinski definition) is 2. The van der Waals surface area contributed by atoms with Gasteiger partial charge in [-0.1, -0.05) is 18.2 Å². The second-order valence-electron chi connectivity index (χ2n) is 3.12. The van der Waals surface area contributed by atoms with Crippen molar-refractivity contribution in [2.45, 2.75) is 19.9 Å². The first kappa shape index (κ1) is 13.3. The summed E-state index contributed by atoms with van der Waals surface area (Å²) in [6.07, 6.45) is 0. The van der Waals surface area contributed by atoms with Crippen LogP contribution in [-0.4, -0.2) is 11.2 Å². The van der Waals surface area contributed by atoms with E-state index in [2.05, 4.69) is 24.5 Å². The molecule has 1 rings (SSSR count). The van der Waals surface area contributed by atoms with Gasteiger partial charge in [0.2, 0.25) is 0 Å². The molecule has 1 aromatic rings. The second-order valence-corrected chi connectivity index (χ2v) is 3.53. The monoisotopic (exact) mass is 228 g/mol. The molecule has 0 atom stereocenters. The average Bonchev–Trinajstić information content (AvgIpc) is 2.04. The van der Waals surface area contributed by atoms with Crippen molar-refractivity contribution in [2.24, 2.45) is 0 Å². The molecule has 0 radical (unpaired) electrons. The van der Waals surface area contributed by atoms with Crippen molar-refractivity contribution < 1.29 is 0 Å². The summed E-state index contributed by atoms with van der Waals surface area (Å²) in [5, 5.41) is 6.87. The van der Waals surface area contributed by atoms with E-state index in [1.807, 2.05) is 30.3 Å². The smallest absolute Gasteiger partial charge is 0.170 e. The number of benzene rings is 1. The number of anilines is 1. The predicted molar refractivity (Wildman–Crippen MR) is 71.3 cm³/mol. The maximum Gasteiger partial charge on any atom is 0.170 e. The highest BCUT2D eigenvalue weighted by molar-refractivity contribution is 7.80. The van der Waals surface area contributed by atoms with Gasteiger partial charge in [-0.2, -0.15) is 13.5 Å². The Hall–Kier alpha value is -0.740. The molecule has 0 spiro atoms. The number of hydrogen-bond acceptors (Lipinski definition) is 1. The van der Waals surface area contributed by atoms with E-state index in [0.29, 0.717) is 11.2 Å². The zero-order valence-electron chi connectivity index (χ0n) is 8.37. The van der Waals surface area contributed by atoms with Crippen LogP contribution in [0.25, 0.3) is 0 Å². The summed E-state index contributed by atoms with van der Waals surface area (Å²) < 4.78 is 0. The standard InChI is InChI=1S/C10H14N2S.H2S/c1-8(2)11-10(13)12-9-6-4-3-5-7-9;/h3-8H,1-2H3,(H2,11,12,13);1H2. The third-order valence-corrected chi connectivity index (χ3v) is 1.67. The van der Waals surface area contributed by atoms with E-state index in [9.17, 15) is 0 Å². The van der Waals surface area contributed by atoms with Crippen molar-refractivity contribution in [3.8, 4) is 0 Å². The van der Waals surface area contributed by atoms with E-state index >= 15 is 0 Å². The summed E-state index contributed by atoms with van der Waals surface area (Å²) in [5.74, 6) is 0. The van der Waals surface area contributed by atoms with Crippen LogP contribution in [-0.2, 0) is 0 Å².